The van der Waals surface area contributed by atoms with Crippen LogP contribution in [-0.2, 0) is 29.4 Å². The molecule has 4 aromatic rings. The lowest BCUT2D eigenvalue weighted by molar-refractivity contribution is -0.213. The first-order valence-electron chi connectivity index (χ1n) is 12.0. The van der Waals surface area contributed by atoms with Crippen LogP contribution in [0, 0.1) is 0 Å². The fraction of sp³-hybridized carbons (Fsp3) is 0.214. The predicted molar refractivity (Wildman–Crippen MR) is 148 cm³/mol. The first-order chi connectivity index (χ1) is 18.7. The van der Waals surface area contributed by atoms with Gasteiger partial charge in [-0.05, 0) is 16.7 Å². The van der Waals surface area contributed by atoms with Crippen LogP contribution in [0.25, 0.3) is 0 Å². The van der Waals surface area contributed by atoms with E-state index in [2.05, 4.69) is 20.9 Å². The molecule has 4 atom stereocenters. The number of halogens is 1. The van der Waals surface area contributed by atoms with Gasteiger partial charge in [0.1, 0.15) is 11.7 Å². The number of benzene rings is 3. The van der Waals surface area contributed by atoms with Gasteiger partial charge in [-0.25, -0.2) is 4.79 Å². The van der Waals surface area contributed by atoms with E-state index < -0.39 is 50.4 Å². The molecule has 39 heavy (non-hydrogen) atoms. The van der Waals surface area contributed by atoms with Crippen molar-refractivity contribution in [3.05, 3.63) is 141 Å². The Kier molecular flexibility index (Phi) is 7.70. The summed E-state index contributed by atoms with van der Waals surface area (Å²) >= 11 is 3.48. The molecule has 1 fully saturated rings. The van der Waals surface area contributed by atoms with Crippen molar-refractivity contribution in [2.24, 2.45) is 0 Å². The quantitative estimate of drug-likeness (QED) is 0.184. The maximum Gasteiger partial charge on any atom is 0.330 e. The molecule has 0 saturated carbocycles. The van der Waals surface area contributed by atoms with Crippen LogP contribution in [0.2, 0.25) is 0 Å². The molecule has 1 aliphatic heterocycles. The van der Waals surface area contributed by atoms with Crippen LogP contribution in [0.15, 0.2) is 113 Å². The minimum absolute atomic E-state index is 0.576. The number of hydrogen-bond donors (Lipinski definition) is 1. The van der Waals surface area contributed by atoms with Crippen molar-refractivity contribution in [1.82, 2.24) is 9.55 Å². The van der Waals surface area contributed by atoms with Gasteiger partial charge in [0, 0.05) is 12.3 Å². The summed E-state index contributed by atoms with van der Waals surface area (Å²) in [6.45, 7) is 0. The van der Waals surface area contributed by atoms with Crippen molar-refractivity contribution in [2.75, 3.05) is 6.26 Å². The van der Waals surface area contributed by atoms with Crippen molar-refractivity contribution >= 4 is 26.0 Å². The van der Waals surface area contributed by atoms with Crippen LogP contribution in [0.1, 0.15) is 22.9 Å². The lowest BCUT2D eigenvalue weighted by Gasteiger charge is -2.38. The van der Waals surface area contributed by atoms with E-state index >= 15 is 0 Å². The summed E-state index contributed by atoms with van der Waals surface area (Å²) in [5.74, 6) is 0. The van der Waals surface area contributed by atoms with Gasteiger partial charge < -0.3 is 9.47 Å². The highest BCUT2D eigenvalue weighted by Gasteiger charge is 2.52. The Hall–Kier alpha value is -3.35. The number of nitrogens with zero attached hydrogens (tertiary/aromatic N) is 1. The van der Waals surface area contributed by atoms with Crippen molar-refractivity contribution in [2.45, 2.75) is 29.1 Å². The summed E-state index contributed by atoms with van der Waals surface area (Å²) in [5, 5.41) is 0. The molecule has 0 aliphatic carbocycles. The van der Waals surface area contributed by atoms with E-state index in [0.29, 0.717) is 0 Å². The normalized spacial score (nSPS) is 21.6. The van der Waals surface area contributed by atoms with Crippen molar-refractivity contribution in [1.29, 1.82) is 0 Å². The molecule has 0 radical (unpaired) electrons. The van der Waals surface area contributed by atoms with Crippen LogP contribution in [-0.4, -0.2) is 41.4 Å². The predicted octanol–water partition coefficient (Wildman–Crippen LogP) is 3.51. The monoisotopic (exact) mass is 612 g/mol. The first kappa shape index (κ1) is 27.2. The minimum Gasteiger partial charge on any atom is -0.329 e. The van der Waals surface area contributed by atoms with Gasteiger partial charge in [-0.2, -0.15) is 8.42 Å². The highest BCUT2D eigenvalue weighted by Crippen LogP contribution is 2.46. The molecule has 3 aromatic carbocycles. The smallest absolute Gasteiger partial charge is 0.329 e. The van der Waals surface area contributed by atoms with Gasteiger partial charge in [-0.15, -0.1) is 0 Å². The summed E-state index contributed by atoms with van der Waals surface area (Å²) in [7, 11) is -3.98. The van der Waals surface area contributed by atoms with E-state index in [1.807, 2.05) is 91.0 Å². The molecule has 0 bridgehead atoms. The van der Waals surface area contributed by atoms with E-state index in [1.54, 1.807) is 0 Å². The van der Waals surface area contributed by atoms with Crippen LogP contribution >= 0.6 is 15.9 Å². The third kappa shape index (κ3) is 5.54. The number of ether oxygens (including phenoxy) is 2. The second-order valence-electron chi connectivity index (χ2n) is 9.02. The van der Waals surface area contributed by atoms with Gasteiger partial charge in [0.05, 0.1) is 11.1 Å². The van der Waals surface area contributed by atoms with Crippen molar-refractivity contribution in [3.63, 3.8) is 0 Å². The van der Waals surface area contributed by atoms with Gasteiger partial charge in [0.2, 0.25) is 0 Å². The molecule has 1 N–H and O–H groups in total. The molecular formula is C28H25BrN2O7S. The van der Waals surface area contributed by atoms with Gasteiger partial charge >= 0.3 is 5.69 Å². The van der Waals surface area contributed by atoms with Crippen LogP contribution in [0.5, 0.6) is 0 Å². The largest absolute Gasteiger partial charge is 0.330 e. The summed E-state index contributed by atoms with van der Waals surface area (Å²) in [6, 6.07) is 29.6. The van der Waals surface area contributed by atoms with E-state index in [0.717, 1.165) is 27.5 Å². The SMILES string of the molecule is CS(=O)(=O)O[C@@H]1[C@H](OC(c2ccccc2)(c2ccccc2)c2ccccc2)O[C@H](n2ccc(=O)[nH]c2=O)[C@@H]1Br. The highest BCUT2D eigenvalue weighted by atomic mass is 79.9. The highest BCUT2D eigenvalue weighted by molar-refractivity contribution is 9.09. The maximum atomic E-state index is 12.6. The first-order valence-corrected chi connectivity index (χ1v) is 14.8. The molecule has 1 aliphatic rings. The van der Waals surface area contributed by atoms with Gasteiger partial charge in [-0.1, -0.05) is 107 Å². The molecule has 202 valence electrons. The van der Waals surface area contributed by atoms with E-state index in [-0.39, 0.29) is 0 Å². The minimum atomic E-state index is -3.98. The van der Waals surface area contributed by atoms with E-state index in [9.17, 15) is 18.0 Å². The standard InChI is InChI=1S/C28H25BrN2O7S/c1-39(34,35)38-24-23(29)25(31-18-17-22(32)30-27(31)33)36-26(24)37-28(19-11-5-2-6-12-19,20-13-7-3-8-14-20)21-15-9-4-10-16-21/h2-18,23-26H,1H3,(H,30,32,33)/t23-,24+,25+,26+/m1/s1. The summed E-state index contributed by atoms with van der Waals surface area (Å²) in [5.41, 5.74) is -0.269. The maximum absolute atomic E-state index is 12.6. The lowest BCUT2D eigenvalue weighted by Crippen LogP contribution is -2.43. The van der Waals surface area contributed by atoms with Crippen LogP contribution < -0.4 is 11.2 Å². The Labute approximate surface area is 233 Å². The molecule has 0 unspecified atom stereocenters. The fourth-order valence-electron chi connectivity index (χ4n) is 4.74. The molecule has 1 saturated heterocycles. The Bertz CT molecular complexity index is 1550. The molecule has 9 nitrogen and oxygen atoms in total. The van der Waals surface area contributed by atoms with Gasteiger partial charge in [-0.3, -0.25) is 18.5 Å². The van der Waals surface area contributed by atoms with E-state index in [1.165, 1.54) is 12.3 Å². The van der Waals surface area contributed by atoms with Gasteiger partial charge in [0.15, 0.2) is 12.5 Å². The average molecular weight is 613 g/mol. The van der Waals surface area contributed by atoms with Crippen molar-refractivity contribution < 1.29 is 22.1 Å². The topological polar surface area (TPSA) is 117 Å². The Morgan fingerprint density at radius 2 is 1.33 bits per heavy atom. The third-order valence-electron chi connectivity index (χ3n) is 6.37. The molecule has 0 amide bonds. The summed E-state index contributed by atoms with van der Waals surface area (Å²) in [6.07, 6.45) is -1.33. The molecular weight excluding hydrogens is 588 g/mol. The Morgan fingerprint density at radius 1 is 0.846 bits per heavy atom. The second kappa shape index (κ2) is 11.0. The van der Waals surface area contributed by atoms with Crippen LogP contribution in [0.3, 0.4) is 0 Å². The third-order valence-corrected chi connectivity index (χ3v) is 7.92. The molecule has 0 spiro atoms. The number of H-pyrrole nitrogens is 1. The number of aromatic amines is 1. The zero-order chi connectivity index (χ0) is 27.6. The average Bonchev–Trinajstić information content (AvgIpc) is 3.21. The summed E-state index contributed by atoms with van der Waals surface area (Å²) < 4.78 is 44.4. The lowest BCUT2D eigenvalue weighted by atomic mass is 9.80. The molecule has 11 heteroatoms. The molecule has 1 aromatic heterocycles. The number of rotatable bonds is 8. The summed E-state index contributed by atoms with van der Waals surface area (Å²) in [4.78, 5) is 25.6. The zero-order valence-electron chi connectivity index (χ0n) is 20.7. The number of hydrogen-bond acceptors (Lipinski definition) is 7. The van der Waals surface area contributed by atoms with Crippen molar-refractivity contribution in [3.8, 4) is 0 Å². The number of aromatic nitrogens is 2. The second-order valence-corrected chi connectivity index (χ2v) is 11.7. The Morgan fingerprint density at radius 3 is 1.77 bits per heavy atom. The fourth-order valence-corrected chi connectivity index (χ4v) is 6.23. The van der Waals surface area contributed by atoms with E-state index in [4.69, 9.17) is 13.7 Å². The Balaban J connectivity index is 1.69. The molecule has 5 rings (SSSR count). The van der Waals surface area contributed by atoms with Gasteiger partial charge in [0.25, 0.3) is 15.7 Å². The zero-order valence-corrected chi connectivity index (χ0v) is 23.1. The molecule has 2 heterocycles. The van der Waals surface area contributed by atoms with Crippen LogP contribution in [0.4, 0.5) is 0 Å². The number of alkyl halides is 1. The number of nitrogens with one attached hydrogen (secondary N) is 1.